The molecule has 2 heterocycles. The first-order valence-electron chi connectivity index (χ1n) is 8.26. The molecule has 2 aromatic carbocycles. The van der Waals surface area contributed by atoms with Crippen LogP contribution in [0.15, 0.2) is 64.2 Å². The smallest absolute Gasteiger partial charge is 0.266 e. The number of aromatic nitrogens is 1. The van der Waals surface area contributed by atoms with Gasteiger partial charge in [0.25, 0.3) is 5.91 Å². The van der Waals surface area contributed by atoms with Crippen molar-refractivity contribution in [2.24, 2.45) is 5.10 Å². The number of hydrogen-bond acceptors (Lipinski definition) is 5. The molecular weight excluding hydrogens is 478 g/mol. The Morgan fingerprint density at radius 3 is 2.64 bits per heavy atom. The molecule has 0 aliphatic heterocycles. The van der Waals surface area contributed by atoms with E-state index in [1.165, 1.54) is 27.7 Å². The van der Waals surface area contributed by atoms with Gasteiger partial charge in [-0.05, 0) is 42.8 Å². The highest BCUT2D eigenvalue weighted by atomic mass is 79.9. The van der Waals surface area contributed by atoms with Crippen LogP contribution in [0, 0.1) is 6.92 Å². The van der Waals surface area contributed by atoms with Crippen LogP contribution in [-0.4, -0.2) is 17.1 Å². The number of hydrogen-bond donors (Lipinski definition) is 0. The number of benzene rings is 2. The van der Waals surface area contributed by atoms with Gasteiger partial charge in [-0.25, -0.2) is 4.98 Å². The molecule has 28 heavy (non-hydrogen) atoms. The number of thiazole rings is 1. The van der Waals surface area contributed by atoms with Gasteiger partial charge in [0, 0.05) is 4.47 Å². The number of hydrazone groups is 1. The molecule has 0 aliphatic rings. The van der Waals surface area contributed by atoms with E-state index in [0.717, 1.165) is 25.8 Å². The maximum absolute atomic E-state index is 13.1. The van der Waals surface area contributed by atoms with Crippen molar-refractivity contribution in [1.82, 2.24) is 4.98 Å². The standard InChI is InChI=1S/C20H13BrClN3OS2/c1-12-2-4-13(5-3-12)11-23-25(19(26)16-8-9-18(22)27-16)20-24-15-7-6-14(21)10-17(15)28-20/h2-11H,1H3/b23-11+. The zero-order chi connectivity index (χ0) is 19.7. The van der Waals surface area contributed by atoms with Gasteiger partial charge in [0.2, 0.25) is 5.13 Å². The number of carbonyl (C=O) groups is 1. The van der Waals surface area contributed by atoms with E-state index in [0.29, 0.717) is 14.3 Å². The fourth-order valence-electron chi connectivity index (χ4n) is 2.48. The van der Waals surface area contributed by atoms with Crippen LogP contribution in [0.1, 0.15) is 20.8 Å². The first kappa shape index (κ1) is 19.3. The number of fused-ring (bicyclic) bond motifs is 1. The predicted molar refractivity (Wildman–Crippen MR) is 122 cm³/mol. The predicted octanol–water partition coefficient (Wildman–Crippen LogP) is 6.76. The van der Waals surface area contributed by atoms with Crippen molar-refractivity contribution in [2.45, 2.75) is 6.92 Å². The van der Waals surface area contributed by atoms with E-state index in [-0.39, 0.29) is 5.91 Å². The number of nitrogens with zero attached hydrogens (tertiary/aromatic N) is 3. The van der Waals surface area contributed by atoms with Crippen LogP contribution in [0.25, 0.3) is 10.2 Å². The van der Waals surface area contributed by atoms with Gasteiger partial charge in [0.05, 0.1) is 25.6 Å². The summed E-state index contributed by atoms with van der Waals surface area (Å²) in [6, 6.07) is 17.1. The molecule has 1 amide bonds. The van der Waals surface area contributed by atoms with Crippen molar-refractivity contribution in [2.75, 3.05) is 5.01 Å². The highest BCUT2D eigenvalue weighted by Crippen LogP contribution is 2.33. The summed E-state index contributed by atoms with van der Waals surface area (Å²) < 4.78 is 2.48. The Kier molecular flexibility index (Phi) is 5.59. The Hall–Kier alpha value is -2.06. The summed E-state index contributed by atoms with van der Waals surface area (Å²) in [7, 11) is 0. The SMILES string of the molecule is Cc1ccc(/C=N/N(C(=O)c2ccc(Cl)s2)c2nc3ccc(Br)cc3s2)cc1. The van der Waals surface area contributed by atoms with E-state index in [1.807, 2.05) is 49.4 Å². The second-order valence-corrected chi connectivity index (χ2v) is 9.62. The largest absolute Gasteiger partial charge is 0.290 e. The second-order valence-electron chi connectivity index (χ2n) is 5.98. The minimum absolute atomic E-state index is 0.265. The summed E-state index contributed by atoms with van der Waals surface area (Å²) in [5.41, 5.74) is 2.88. The minimum atomic E-state index is -0.265. The number of amides is 1. The molecule has 8 heteroatoms. The molecular formula is C20H13BrClN3OS2. The Balaban J connectivity index is 1.75. The van der Waals surface area contributed by atoms with Gasteiger partial charge in [0.1, 0.15) is 0 Å². The number of anilines is 1. The van der Waals surface area contributed by atoms with E-state index < -0.39 is 0 Å². The molecule has 0 saturated carbocycles. The molecule has 2 aromatic heterocycles. The van der Waals surface area contributed by atoms with Crippen molar-refractivity contribution in [3.8, 4) is 0 Å². The van der Waals surface area contributed by atoms with E-state index in [2.05, 4.69) is 26.0 Å². The molecule has 140 valence electrons. The second kappa shape index (κ2) is 8.13. The number of halogens is 2. The fraction of sp³-hybridized carbons (Fsp3) is 0.0500. The molecule has 4 nitrogen and oxygen atoms in total. The topological polar surface area (TPSA) is 45.6 Å². The molecule has 0 fully saturated rings. The Bertz CT molecular complexity index is 1180. The van der Waals surface area contributed by atoms with Crippen molar-refractivity contribution < 1.29 is 4.79 Å². The Morgan fingerprint density at radius 1 is 1.14 bits per heavy atom. The van der Waals surface area contributed by atoms with Crippen molar-refractivity contribution in [3.63, 3.8) is 0 Å². The number of thiophene rings is 1. The summed E-state index contributed by atoms with van der Waals surface area (Å²) >= 11 is 12.1. The lowest BCUT2D eigenvalue weighted by molar-refractivity contribution is 0.0991. The third-order valence-corrected chi connectivity index (χ3v) is 6.60. The molecule has 0 radical (unpaired) electrons. The summed E-state index contributed by atoms with van der Waals surface area (Å²) in [5, 5.41) is 6.30. The van der Waals surface area contributed by atoms with E-state index in [9.17, 15) is 4.79 Å². The van der Waals surface area contributed by atoms with Crippen molar-refractivity contribution >= 4 is 77.7 Å². The van der Waals surface area contributed by atoms with Gasteiger partial charge < -0.3 is 0 Å². The molecule has 4 rings (SSSR count). The molecule has 0 unspecified atom stereocenters. The Morgan fingerprint density at radius 2 is 1.93 bits per heavy atom. The van der Waals surface area contributed by atoms with Crippen LogP contribution in [0.5, 0.6) is 0 Å². The van der Waals surface area contributed by atoms with Crippen LogP contribution < -0.4 is 5.01 Å². The van der Waals surface area contributed by atoms with Crippen LogP contribution in [0.4, 0.5) is 5.13 Å². The van der Waals surface area contributed by atoms with Gasteiger partial charge in [0.15, 0.2) is 0 Å². The zero-order valence-corrected chi connectivity index (χ0v) is 18.6. The third-order valence-electron chi connectivity index (χ3n) is 3.90. The van der Waals surface area contributed by atoms with E-state index in [1.54, 1.807) is 18.3 Å². The van der Waals surface area contributed by atoms with Crippen LogP contribution >= 0.6 is 50.2 Å². The van der Waals surface area contributed by atoms with E-state index >= 15 is 0 Å². The van der Waals surface area contributed by atoms with Crippen LogP contribution in [0.3, 0.4) is 0 Å². The van der Waals surface area contributed by atoms with E-state index in [4.69, 9.17) is 11.6 Å². The third kappa shape index (κ3) is 4.17. The van der Waals surface area contributed by atoms with Gasteiger partial charge >= 0.3 is 0 Å². The first-order chi connectivity index (χ1) is 13.5. The molecule has 0 bridgehead atoms. The molecule has 0 saturated heterocycles. The normalized spacial score (nSPS) is 11.4. The highest BCUT2D eigenvalue weighted by molar-refractivity contribution is 9.10. The molecule has 0 aliphatic carbocycles. The van der Waals surface area contributed by atoms with Gasteiger partial charge in [-0.2, -0.15) is 10.1 Å². The quantitative estimate of drug-likeness (QED) is 0.234. The molecule has 0 N–H and O–H groups in total. The Labute approximate surface area is 183 Å². The van der Waals surface area contributed by atoms with Crippen LogP contribution in [-0.2, 0) is 0 Å². The van der Waals surface area contributed by atoms with Gasteiger partial charge in [-0.3, -0.25) is 4.79 Å². The monoisotopic (exact) mass is 489 g/mol. The maximum Gasteiger partial charge on any atom is 0.290 e. The molecule has 0 atom stereocenters. The fourth-order valence-corrected chi connectivity index (χ4v) is 4.92. The lowest BCUT2D eigenvalue weighted by atomic mass is 10.2. The minimum Gasteiger partial charge on any atom is -0.266 e. The summed E-state index contributed by atoms with van der Waals surface area (Å²) in [6.45, 7) is 2.02. The summed E-state index contributed by atoms with van der Waals surface area (Å²) in [4.78, 5) is 18.2. The van der Waals surface area contributed by atoms with Crippen LogP contribution in [0.2, 0.25) is 4.34 Å². The van der Waals surface area contributed by atoms with Crippen molar-refractivity contribution in [3.05, 3.63) is 79.4 Å². The average Bonchev–Trinajstić information content (AvgIpc) is 3.29. The summed E-state index contributed by atoms with van der Waals surface area (Å²) in [6.07, 6.45) is 1.66. The summed E-state index contributed by atoms with van der Waals surface area (Å²) in [5.74, 6) is -0.265. The lowest BCUT2D eigenvalue weighted by Crippen LogP contribution is -2.24. The zero-order valence-electron chi connectivity index (χ0n) is 14.6. The highest BCUT2D eigenvalue weighted by Gasteiger charge is 2.22. The van der Waals surface area contributed by atoms with Gasteiger partial charge in [-0.15, -0.1) is 11.3 Å². The molecule has 0 spiro atoms. The number of rotatable bonds is 4. The van der Waals surface area contributed by atoms with Crippen molar-refractivity contribution in [1.29, 1.82) is 0 Å². The first-order valence-corrected chi connectivity index (χ1v) is 11.1. The maximum atomic E-state index is 13.1. The molecule has 4 aromatic rings. The van der Waals surface area contributed by atoms with Gasteiger partial charge in [-0.1, -0.05) is 68.7 Å². The average molecular weight is 491 g/mol. The lowest BCUT2D eigenvalue weighted by Gasteiger charge is -2.12. The number of carbonyl (C=O) groups excluding carboxylic acids is 1. The number of aryl methyl sites for hydroxylation is 1.